The second-order valence-electron chi connectivity index (χ2n) is 4.11. The highest BCUT2D eigenvalue weighted by molar-refractivity contribution is 7.99. The largest absolute Gasteiger partial charge is 0.275 e. The van der Waals surface area contributed by atoms with Crippen LogP contribution in [-0.4, -0.2) is 9.91 Å². The van der Waals surface area contributed by atoms with E-state index >= 15 is 0 Å². The molecule has 19 heavy (non-hydrogen) atoms. The van der Waals surface area contributed by atoms with Gasteiger partial charge >= 0.3 is 0 Å². The molecule has 1 heterocycles. The van der Waals surface area contributed by atoms with Crippen molar-refractivity contribution >= 4 is 29.1 Å². The highest BCUT2D eigenvalue weighted by Crippen LogP contribution is 2.32. The minimum Gasteiger partial charge on any atom is -0.258 e. The van der Waals surface area contributed by atoms with Gasteiger partial charge in [0.05, 0.1) is 11.0 Å². The summed E-state index contributed by atoms with van der Waals surface area (Å²) in [5.41, 5.74) is 2.23. The molecule has 0 fully saturated rings. The maximum atomic E-state index is 10.8. The van der Waals surface area contributed by atoms with E-state index in [0.29, 0.717) is 5.03 Å². The predicted molar refractivity (Wildman–Crippen MR) is 75.9 cm³/mol. The maximum Gasteiger partial charge on any atom is 0.275 e. The van der Waals surface area contributed by atoms with Gasteiger partial charge in [0.2, 0.25) is 0 Å². The van der Waals surface area contributed by atoms with Crippen LogP contribution in [-0.2, 0) is 0 Å². The van der Waals surface area contributed by atoms with Crippen molar-refractivity contribution in [1.29, 1.82) is 0 Å². The molecule has 0 atom stereocenters. The molecular weight excluding hydrogens is 284 g/mol. The molecule has 98 valence electrons. The molecule has 6 heteroatoms. The lowest BCUT2D eigenvalue weighted by Crippen LogP contribution is -1.91. The molecule has 0 aliphatic carbocycles. The van der Waals surface area contributed by atoms with Crippen molar-refractivity contribution in [1.82, 2.24) is 4.98 Å². The first-order valence-corrected chi connectivity index (χ1v) is 6.72. The second-order valence-corrected chi connectivity index (χ2v) is 5.56. The van der Waals surface area contributed by atoms with E-state index in [1.54, 1.807) is 0 Å². The predicted octanol–water partition coefficient (Wildman–Crippen LogP) is 4.41. The molecule has 0 unspecified atom stereocenters. The van der Waals surface area contributed by atoms with Crippen molar-refractivity contribution in [3.8, 4) is 0 Å². The Morgan fingerprint density at radius 3 is 2.63 bits per heavy atom. The van der Waals surface area contributed by atoms with Gasteiger partial charge in [-0.25, -0.2) is 4.98 Å². The number of rotatable bonds is 3. The summed E-state index contributed by atoms with van der Waals surface area (Å²) >= 11 is 7.17. The Morgan fingerprint density at radius 2 is 2.00 bits per heavy atom. The summed E-state index contributed by atoms with van der Waals surface area (Å²) in [6.07, 6.45) is 0. The zero-order chi connectivity index (χ0) is 14.0. The first-order chi connectivity index (χ1) is 8.95. The van der Waals surface area contributed by atoms with Crippen LogP contribution in [0.15, 0.2) is 40.3 Å². The van der Waals surface area contributed by atoms with Crippen LogP contribution >= 0.6 is 23.4 Å². The lowest BCUT2D eigenvalue weighted by atomic mass is 10.2. The topological polar surface area (TPSA) is 56.0 Å². The van der Waals surface area contributed by atoms with Crippen molar-refractivity contribution < 1.29 is 4.92 Å². The number of nitro groups is 1. The van der Waals surface area contributed by atoms with E-state index in [9.17, 15) is 10.1 Å². The zero-order valence-corrected chi connectivity index (χ0v) is 12.0. The third-order valence-corrected chi connectivity index (χ3v) is 3.80. The molecular formula is C13H11ClN2O2S. The molecule has 0 spiro atoms. The standard InChI is InChI=1S/C13H11ClN2O2S/c1-8-3-4-11(9(2)5-8)19-13-7-10(16(17)18)6-12(14)15-13/h3-7H,1-2H3. The van der Waals surface area contributed by atoms with Crippen LogP contribution in [0.5, 0.6) is 0 Å². The van der Waals surface area contributed by atoms with Crippen LogP contribution in [0.3, 0.4) is 0 Å². The molecule has 1 aromatic carbocycles. The SMILES string of the molecule is Cc1ccc(Sc2cc([N+](=O)[O-])cc(Cl)n2)c(C)c1. The monoisotopic (exact) mass is 294 g/mol. The molecule has 2 aromatic rings. The van der Waals surface area contributed by atoms with E-state index in [0.717, 1.165) is 10.5 Å². The molecule has 0 N–H and O–H groups in total. The first-order valence-electron chi connectivity index (χ1n) is 5.53. The summed E-state index contributed by atoms with van der Waals surface area (Å²) in [5, 5.41) is 11.4. The van der Waals surface area contributed by atoms with Crippen LogP contribution in [0.25, 0.3) is 0 Å². The second kappa shape index (κ2) is 5.59. The van der Waals surface area contributed by atoms with E-state index in [1.807, 2.05) is 26.0 Å². The molecule has 0 aliphatic heterocycles. The third kappa shape index (κ3) is 3.45. The van der Waals surface area contributed by atoms with Gasteiger partial charge < -0.3 is 0 Å². The van der Waals surface area contributed by atoms with E-state index in [2.05, 4.69) is 11.1 Å². The van der Waals surface area contributed by atoms with Gasteiger partial charge in [-0.3, -0.25) is 10.1 Å². The summed E-state index contributed by atoms with van der Waals surface area (Å²) < 4.78 is 0. The van der Waals surface area contributed by atoms with Crippen LogP contribution in [0, 0.1) is 24.0 Å². The summed E-state index contributed by atoms with van der Waals surface area (Å²) in [4.78, 5) is 15.4. The van der Waals surface area contributed by atoms with Crippen LogP contribution < -0.4 is 0 Å². The molecule has 0 saturated heterocycles. The highest BCUT2D eigenvalue weighted by atomic mass is 35.5. The van der Waals surface area contributed by atoms with Crippen molar-refractivity contribution in [2.45, 2.75) is 23.8 Å². The summed E-state index contributed by atoms with van der Waals surface area (Å²) in [6.45, 7) is 4.01. The fraction of sp³-hybridized carbons (Fsp3) is 0.154. The Balaban J connectivity index is 2.35. The van der Waals surface area contributed by atoms with Gasteiger partial charge in [-0.1, -0.05) is 41.1 Å². The fourth-order valence-corrected chi connectivity index (χ4v) is 2.80. The number of aryl methyl sites for hydroxylation is 2. The number of nitrogens with zero attached hydrogens (tertiary/aromatic N) is 2. The molecule has 1 aromatic heterocycles. The van der Waals surface area contributed by atoms with Gasteiger partial charge in [0.1, 0.15) is 10.2 Å². The van der Waals surface area contributed by atoms with Gasteiger partial charge in [-0.2, -0.15) is 0 Å². The van der Waals surface area contributed by atoms with E-state index in [1.165, 1.54) is 29.5 Å². The average molecular weight is 295 g/mol. The van der Waals surface area contributed by atoms with Crippen molar-refractivity contribution in [3.63, 3.8) is 0 Å². The molecule has 0 bridgehead atoms. The Hall–Kier alpha value is -1.59. The maximum absolute atomic E-state index is 10.8. The van der Waals surface area contributed by atoms with E-state index < -0.39 is 4.92 Å². The lowest BCUT2D eigenvalue weighted by Gasteiger charge is -2.06. The number of hydrogen-bond acceptors (Lipinski definition) is 4. The number of aromatic nitrogens is 1. The van der Waals surface area contributed by atoms with Crippen molar-refractivity contribution in [3.05, 3.63) is 56.7 Å². The van der Waals surface area contributed by atoms with Crippen LogP contribution in [0.1, 0.15) is 11.1 Å². The Kier molecular flexibility index (Phi) is 4.07. The Morgan fingerprint density at radius 1 is 1.26 bits per heavy atom. The van der Waals surface area contributed by atoms with Gasteiger partial charge in [-0.05, 0) is 25.5 Å². The summed E-state index contributed by atoms with van der Waals surface area (Å²) in [7, 11) is 0. The van der Waals surface area contributed by atoms with E-state index in [-0.39, 0.29) is 10.8 Å². The zero-order valence-electron chi connectivity index (χ0n) is 10.4. The highest BCUT2D eigenvalue weighted by Gasteiger charge is 2.12. The van der Waals surface area contributed by atoms with Crippen LogP contribution in [0.2, 0.25) is 5.15 Å². The van der Waals surface area contributed by atoms with Gasteiger partial charge in [0, 0.05) is 11.0 Å². The van der Waals surface area contributed by atoms with Crippen molar-refractivity contribution in [2.75, 3.05) is 0 Å². The van der Waals surface area contributed by atoms with Gasteiger partial charge in [0.15, 0.2) is 0 Å². The Bertz CT molecular complexity index is 647. The quantitative estimate of drug-likeness (QED) is 0.478. The number of benzene rings is 1. The molecule has 0 aliphatic rings. The number of hydrogen-bond donors (Lipinski definition) is 0. The summed E-state index contributed by atoms with van der Waals surface area (Å²) in [6, 6.07) is 8.70. The van der Waals surface area contributed by atoms with E-state index in [4.69, 9.17) is 11.6 Å². The molecule has 0 radical (unpaired) electrons. The van der Waals surface area contributed by atoms with Gasteiger partial charge in [-0.15, -0.1) is 0 Å². The molecule has 4 nitrogen and oxygen atoms in total. The molecule has 0 saturated carbocycles. The first kappa shape index (κ1) is 13.8. The molecule has 0 amide bonds. The Labute approximate surface area is 120 Å². The van der Waals surface area contributed by atoms with Crippen molar-refractivity contribution in [2.24, 2.45) is 0 Å². The molecule has 2 rings (SSSR count). The minimum atomic E-state index is -0.473. The third-order valence-electron chi connectivity index (χ3n) is 2.51. The average Bonchev–Trinajstić information content (AvgIpc) is 2.32. The minimum absolute atomic E-state index is 0.0488. The number of pyridine rings is 1. The fourth-order valence-electron chi connectivity index (χ4n) is 1.64. The normalized spacial score (nSPS) is 10.5. The van der Waals surface area contributed by atoms with Gasteiger partial charge in [0.25, 0.3) is 5.69 Å². The van der Waals surface area contributed by atoms with Crippen LogP contribution in [0.4, 0.5) is 5.69 Å². The number of halogens is 1. The lowest BCUT2D eigenvalue weighted by molar-refractivity contribution is -0.385. The smallest absolute Gasteiger partial charge is 0.258 e. The summed E-state index contributed by atoms with van der Waals surface area (Å²) in [5.74, 6) is 0.